The van der Waals surface area contributed by atoms with Crippen LogP contribution in [0.2, 0.25) is 0 Å². The Morgan fingerprint density at radius 2 is 1.57 bits per heavy atom. The summed E-state index contributed by atoms with van der Waals surface area (Å²) in [6, 6.07) is 24.6. The van der Waals surface area contributed by atoms with Crippen LogP contribution in [0.5, 0.6) is 0 Å². The summed E-state index contributed by atoms with van der Waals surface area (Å²) < 4.78 is 0.702. The molecule has 0 aliphatic rings. The predicted octanol–water partition coefficient (Wildman–Crippen LogP) is 5.80. The van der Waals surface area contributed by atoms with Crippen molar-refractivity contribution < 1.29 is 0 Å². The fraction of sp³-hybridized carbons (Fsp3) is 0. The Labute approximate surface area is 139 Å². The molecule has 3 heteroatoms. The Morgan fingerprint density at radius 1 is 0.826 bits per heavy atom. The van der Waals surface area contributed by atoms with E-state index < -0.39 is 0 Å². The first kappa shape index (κ1) is 13.9. The van der Waals surface area contributed by atoms with Gasteiger partial charge in [0.05, 0.1) is 5.69 Å². The summed E-state index contributed by atoms with van der Waals surface area (Å²) in [5.74, 6) is 0. The molecule has 0 bridgehead atoms. The lowest BCUT2D eigenvalue weighted by molar-refractivity contribution is 1.36. The van der Waals surface area contributed by atoms with E-state index in [1.54, 1.807) is 0 Å². The summed E-state index contributed by atoms with van der Waals surface area (Å²) in [6.07, 6.45) is 1.84. The highest BCUT2D eigenvalue weighted by Gasteiger charge is 2.00. The smallest absolute Gasteiger partial charge is 0.112 e. The second-order valence-corrected chi connectivity index (χ2v) is 5.81. The number of pyridine rings is 1. The van der Waals surface area contributed by atoms with Crippen molar-refractivity contribution in [3.05, 3.63) is 83.0 Å². The standard InChI is InChI=1S/C20H14N2S/c23-20-16(12-15-7-2-4-10-18(15)22-20)13-21-19-11-5-8-14-6-1-3-9-17(14)19/h1-13H,(H,22,23). The minimum atomic E-state index is 0.702. The summed E-state index contributed by atoms with van der Waals surface area (Å²) >= 11 is 5.44. The first-order valence-electron chi connectivity index (χ1n) is 7.45. The van der Waals surface area contributed by atoms with Gasteiger partial charge in [0.15, 0.2) is 0 Å². The number of fused-ring (bicyclic) bond motifs is 2. The van der Waals surface area contributed by atoms with E-state index in [4.69, 9.17) is 12.2 Å². The third-order valence-corrected chi connectivity index (χ3v) is 4.23. The zero-order chi connectivity index (χ0) is 15.6. The number of nitrogens with zero attached hydrogens (tertiary/aromatic N) is 1. The van der Waals surface area contributed by atoms with E-state index in [0.29, 0.717) is 4.64 Å². The average molecular weight is 314 g/mol. The van der Waals surface area contributed by atoms with E-state index in [0.717, 1.165) is 27.5 Å². The Balaban J connectivity index is 1.82. The van der Waals surface area contributed by atoms with Crippen LogP contribution in [0, 0.1) is 4.64 Å². The van der Waals surface area contributed by atoms with Gasteiger partial charge in [0.1, 0.15) is 4.64 Å². The number of rotatable bonds is 2. The molecule has 0 aliphatic carbocycles. The molecular formula is C20H14N2S. The monoisotopic (exact) mass is 314 g/mol. The van der Waals surface area contributed by atoms with Crippen LogP contribution >= 0.6 is 12.2 Å². The molecule has 0 radical (unpaired) electrons. The molecule has 0 amide bonds. The van der Waals surface area contributed by atoms with Crippen molar-refractivity contribution in [3.8, 4) is 0 Å². The van der Waals surface area contributed by atoms with Crippen LogP contribution in [0.4, 0.5) is 5.69 Å². The van der Waals surface area contributed by atoms with Crippen molar-refractivity contribution in [2.45, 2.75) is 0 Å². The normalized spacial score (nSPS) is 11.5. The molecular weight excluding hydrogens is 300 g/mol. The summed E-state index contributed by atoms with van der Waals surface area (Å²) in [5, 5.41) is 3.45. The van der Waals surface area contributed by atoms with Crippen LogP contribution in [-0.4, -0.2) is 11.2 Å². The number of aromatic nitrogens is 1. The summed E-state index contributed by atoms with van der Waals surface area (Å²) in [5.41, 5.74) is 2.91. The molecule has 110 valence electrons. The third kappa shape index (κ3) is 2.67. The van der Waals surface area contributed by atoms with E-state index in [1.165, 1.54) is 5.39 Å². The van der Waals surface area contributed by atoms with E-state index in [2.05, 4.69) is 40.3 Å². The predicted molar refractivity (Wildman–Crippen MR) is 100 cm³/mol. The lowest BCUT2D eigenvalue weighted by atomic mass is 10.1. The number of aliphatic imine (C=N–C) groups is 1. The number of hydrogen-bond acceptors (Lipinski definition) is 2. The van der Waals surface area contributed by atoms with Gasteiger partial charge in [0.25, 0.3) is 0 Å². The maximum atomic E-state index is 5.44. The second-order valence-electron chi connectivity index (χ2n) is 5.40. The van der Waals surface area contributed by atoms with Crippen molar-refractivity contribution in [2.24, 2.45) is 4.99 Å². The van der Waals surface area contributed by atoms with Gasteiger partial charge in [-0.3, -0.25) is 4.99 Å². The van der Waals surface area contributed by atoms with Gasteiger partial charge < -0.3 is 4.98 Å². The Bertz CT molecular complexity index is 1090. The first-order chi connectivity index (χ1) is 11.3. The van der Waals surface area contributed by atoms with Crippen molar-refractivity contribution in [3.63, 3.8) is 0 Å². The van der Waals surface area contributed by atoms with Crippen LogP contribution in [0.15, 0.2) is 77.8 Å². The molecule has 0 saturated carbocycles. The van der Waals surface area contributed by atoms with E-state index >= 15 is 0 Å². The van der Waals surface area contributed by atoms with E-state index in [1.807, 2.05) is 48.7 Å². The van der Waals surface area contributed by atoms with Gasteiger partial charge in [-0.1, -0.05) is 66.8 Å². The minimum absolute atomic E-state index is 0.702. The highest BCUT2D eigenvalue weighted by atomic mass is 32.1. The number of nitrogens with one attached hydrogen (secondary N) is 1. The molecule has 2 nitrogen and oxygen atoms in total. The van der Waals surface area contributed by atoms with Crippen molar-refractivity contribution >= 4 is 45.8 Å². The maximum absolute atomic E-state index is 5.44. The number of H-pyrrole nitrogens is 1. The SMILES string of the molecule is S=c1[nH]c2ccccc2cc1C=Nc1cccc2ccccc12. The molecule has 4 aromatic rings. The van der Waals surface area contributed by atoms with Crippen LogP contribution in [-0.2, 0) is 0 Å². The highest BCUT2D eigenvalue weighted by Crippen LogP contribution is 2.25. The quantitative estimate of drug-likeness (QED) is 0.367. The summed E-state index contributed by atoms with van der Waals surface area (Å²) in [7, 11) is 0. The van der Waals surface area contributed by atoms with Gasteiger partial charge in [0, 0.05) is 22.7 Å². The molecule has 1 aromatic heterocycles. The Kier molecular flexibility index (Phi) is 3.48. The fourth-order valence-electron chi connectivity index (χ4n) is 2.72. The molecule has 4 rings (SSSR count). The topological polar surface area (TPSA) is 28.1 Å². The molecule has 3 aromatic carbocycles. The van der Waals surface area contributed by atoms with Crippen LogP contribution in [0.1, 0.15) is 5.56 Å². The summed E-state index contributed by atoms with van der Waals surface area (Å²) in [6.45, 7) is 0. The molecule has 0 unspecified atom stereocenters. The molecule has 0 spiro atoms. The number of para-hydroxylation sites is 1. The van der Waals surface area contributed by atoms with Gasteiger partial charge >= 0.3 is 0 Å². The lowest BCUT2D eigenvalue weighted by Crippen LogP contribution is -1.88. The van der Waals surface area contributed by atoms with Gasteiger partial charge in [-0.25, -0.2) is 0 Å². The molecule has 0 aliphatic heterocycles. The van der Waals surface area contributed by atoms with Gasteiger partial charge in [-0.05, 0) is 29.0 Å². The zero-order valence-corrected chi connectivity index (χ0v) is 13.2. The van der Waals surface area contributed by atoms with Gasteiger partial charge in [-0.15, -0.1) is 0 Å². The summed E-state index contributed by atoms with van der Waals surface area (Å²) in [4.78, 5) is 7.92. The van der Waals surface area contributed by atoms with Crippen molar-refractivity contribution in [1.82, 2.24) is 4.98 Å². The first-order valence-corrected chi connectivity index (χ1v) is 7.86. The number of aromatic amines is 1. The van der Waals surface area contributed by atoms with Crippen molar-refractivity contribution in [2.75, 3.05) is 0 Å². The number of hydrogen-bond donors (Lipinski definition) is 1. The molecule has 0 saturated heterocycles. The lowest BCUT2D eigenvalue weighted by Gasteiger charge is -2.02. The Morgan fingerprint density at radius 3 is 2.48 bits per heavy atom. The van der Waals surface area contributed by atoms with Gasteiger partial charge in [-0.2, -0.15) is 0 Å². The Hall–Kier alpha value is -2.78. The fourth-order valence-corrected chi connectivity index (χ4v) is 2.94. The van der Waals surface area contributed by atoms with Crippen LogP contribution < -0.4 is 0 Å². The average Bonchev–Trinajstić information content (AvgIpc) is 2.60. The highest BCUT2D eigenvalue weighted by molar-refractivity contribution is 7.71. The van der Waals surface area contributed by atoms with Crippen molar-refractivity contribution in [1.29, 1.82) is 0 Å². The molecule has 0 atom stereocenters. The van der Waals surface area contributed by atoms with Crippen LogP contribution in [0.3, 0.4) is 0 Å². The molecule has 0 fully saturated rings. The molecule has 23 heavy (non-hydrogen) atoms. The largest absolute Gasteiger partial charge is 0.346 e. The maximum Gasteiger partial charge on any atom is 0.112 e. The van der Waals surface area contributed by atoms with E-state index in [9.17, 15) is 0 Å². The van der Waals surface area contributed by atoms with E-state index in [-0.39, 0.29) is 0 Å². The molecule has 1 heterocycles. The zero-order valence-electron chi connectivity index (χ0n) is 12.4. The third-order valence-electron chi connectivity index (χ3n) is 3.89. The number of benzene rings is 3. The minimum Gasteiger partial charge on any atom is -0.346 e. The molecule has 1 N–H and O–H groups in total. The second kappa shape index (κ2) is 5.78. The van der Waals surface area contributed by atoms with Gasteiger partial charge in [0.2, 0.25) is 0 Å². The van der Waals surface area contributed by atoms with Crippen LogP contribution in [0.25, 0.3) is 21.7 Å².